The van der Waals surface area contributed by atoms with Crippen LogP contribution in [0.3, 0.4) is 0 Å². The summed E-state index contributed by atoms with van der Waals surface area (Å²) in [5, 5.41) is 4.82. The lowest BCUT2D eigenvalue weighted by Gasteiger charge is -2.49. The van der Waals surface area contributed by atoms with Gasteiger partial charge in [0.2, 0.25) is 11.8 Å². The average molecular weight is 182 g/mol. The Kier molecular flexibility index (Phi) is 1.46. The highest BCUT2D eigenvalue weighted by Crippen LogP contribution is 2.41. The molecule has 5 nitrogen and oxygen atoms in total. The van der Waals surface area contributed by atoms with Gasteiger partial charge in [0.25, 0.3) is 5.91 Å². The van der Waals surface area contributed by atoms with Crippen LogP contribution in [0, 0.1) is 5.92 Å². The number of rotatable bonds is 1. The third-order valence-corrected chi connectivity index (χ3v) is 2.65. The lowest BCUT2D eigenvalue weighted by Crippen LogP contribution is -2.73. The van der Waals surface area contributed by atoms with Crippen molar-refractivity contribution < 1.29 is 14.4 Å². The van der Waals surface area contributed by atoms with Crippen LogP contribution in [-0.2, 0) is 14.4 Å². The summed E-state index contributed by atoms with van der Waals surface area (Å²) in [6.07, 6.45) is 0.911. The molecule has 2 aliphatic heterocycles. The highest BCUT2D eigenvalue weighted by atomic mass is 16.2. The van der Waals surface area contributed by atoms with Crippen LogP contribution in [0.1, 0.15) is 19.8 Å². The van der Waals surface area contributed by atoms with Crippen molar-refractivity contribution in [2.45, 2.75) is 25.3 Å². The molecule has 3 rings (SSSR count). The summed E-state index contributed by atoms with van der Waals surface area (Å²) in [5.41, 5.74) is -0.787. The summed E-state index contributed by atoms with van der Waals surface area (Å²) < 4.78 is 0. The maximum absolute atomic E-state index is 11.4. The van der Waals surface area contributed by atoms with Crippen molar-refractivity contribution in [1.82, 2.24) is 10.6 Å². The molecule has 1 aliphatic carbocycles. The molecule has 0 radical (unpaired) electrons. The van der Waals surface area contributed by atoms with Crippen molar-refractivity contribution in [2.75, 3.05) is 0 Å². The second-order valence-electron chi connectivity index (χ2n) is 3.69. The van der Waals surface area contributed by atoms with E-state index >= 15 is 0 Å². The minimum atomic E-state index is -0.787. The number of imide groups is 1. The van der Waals surface area contributed by atoms with Crippen molar-refractivity contribution in [3.8, 4) is 0 Å². The summed E-state index contributed by atoms with van der Waals surface area (Å²) in [6.45, 7) is 1.37. The zero-order valence-electron chi connectivity index (χ0n) is 7.22. The van der Waals surface area contributed by atoms with Gasteiger partial charge in [0.05, 0.1) is 0 Å². The summed E-state index contributed by atoms with van der Waals surface area (Å²) in [5.74, 6) is -0.903. The van der Waals surface area contributed by atoms with Crippen molar-refractivity contribution in [1.29, 1.82) is 0 Å². The number of amides is 3. The quantitative estimate of drug-likeness (QED) is 0.507. The number of carbonyl (C=O) groups excluding carboxylic acids is 3. The molecule has 70 valence electrons. The molecule has 3 amide bonds. The van der Waals surface area contributed by atoms with E-state index in [1.165, 1.54) is 6.92 Å². The highest BCUT2D eigenvalue weighted by Gasteiger charge is 2.58. The Morgan fingerprint density at radius 1 is 1.54 bits per heavy atom. The van der Waals surface area contributed by atoms with Gasteiger partial charge in [-0.25, -0.2) is 0 Å². The SMILES string of the molecule is CC(=O)NC12CC(C1)C(=O)NC2=O. The van der Waals surface area contributed by atoms with E-state index in [0.29, 0.717) is 12.8 Å². The van der Waals surface area contributed by atoms with E-state index in [4.69, 9.17) is 0 Å². The fourth-order valence-electron chi connectivity index (χ4n) is 1.98. The largest absolute Gasteiger partial charge is 0.342 e. The van der Waals surface area contributed by atoms with Gasteiger partial charge in [-0.3, -0.25) is 19.7 Å². The van der Waals surface area contributed by atoms with E-state index < -0.39 is 5.54 Å². The molecule has 5 heteroatoms. The van der Waals surface area contributed by atoms with Gasteiger partial charge in [-0.1, -0.05) is 0 Å². The second-order valence-corrected chi connectivity index (χ2v) is 3.69. The molecular weight excluding hydrogens is 172 g/mol. The van der Waals surface area contributed by atoms with Crippen LogP contribution in [0.25, 0.3) is 0 Å². The maximum atomic E-state index is 11.4. The van der Waals surface area contributed by atoms with E-state index in [0.717, 1.165) is 0 Å². The molecule has 0 atom stereocenters. The number of carbonyl (C=O) groups is 3. The molecule has 0 aromatic rings. The molecule has 0 spiro atoms. The van der Waals surface area contributed by atoms with E-state index in [1.807, 2.05) is 0 Å². The summed E-state index contributed by atoms with van der Waals surface area (Å²) in [4.78, 5) is 33.2. The molecule has 3 aliphatic rings. The molecule has 2 N–H and O–H groups in total. The van der Waals surface area contributed by atoms with Gasteiger partial charge < -0.3 is 5.32 Å². The standard InChI is InChI=1S/C8H10N2O3/c1-4(11)10-8-2-5(3-8)6(12)9-7(8)13/h5H,2-3H2,1H3,(H,10,11)(H,9,12,13). The molecule has 2 bridgehead atoms. The Bertz CT molecular complexity index is 305. The maximum Gasteiger partial charge on any atom is 0.252 e. The molecule has 13 heavy (non-hydrogen) atoms. The van der Waals surface area contributed by atoms with Crippen molar-refractivity contribution in [2.24, 2.45) is 5.92 Å². The molecule has 1 saturated carbocycles. The van der Waals surface area contributed by atoms with Crippen molar-refractivity contribution in [3.05, 3.63) is 0 Å². The van der Waals surface area contributed by atoms with Crippen LogP contribution in [-0.4, -0.2) is 23.3 Å². The number of piperidine rings is 2. The van der Waals surface area contributed by atoms with Gasteiger partial charge >= 0.3 is 0 Å². The first-order valence-electron chi connectivity index (χ1n) is 4.17. The van der Waals surface area contributed by atoms with E-state index in [-0.39, 0.29) is 23.6 Å². The third-order valence-electron chi connectivity index (χ3n) is 2.65. The second kappa shape index (κ2) is 2.31. The first kappa shape index (κ1) is 8.22. The number of fused-ring (bicyclic) bond motifs is 2. The van der Waals surface area contributed by atoms with Crippen molar-refractivity contribution >= 4 is 17.7 Å². The molecule has 0 aromatic carbocycles. The van der Waals surface area contributed by atoms with Gasteiger partial charge in [0.1, 0.15) is 5.54 Å². The predicted molar refractivity (Wildman–Crippen MR) is 42.4 cm³/mol. The van der Waals surface area contributed by atoms with Crippen LogP contribution in [0.5, 0.6) is 0 Å². The van der Waals surface area contributed by atoms with Crippen LogP contribution in [0.4, 0.5) is 0 Å². The predicted octanol–water partition coefficient (Wildman–Crippen LogP) is -1.07. The average Bonchev–Trinajstić information content (AvgIpc) is 1.91. The number of nitrogens with one attached hydrogen (secondary N) is 2. The number of hydrogen-bond acceptors (Lipinski definition) is 3. The van der Waals surface area contributed by atoms with Crippen molar-refractivity contribution in [3.63, 3.8) is 0 Å². The van der Waals surface area contributed by atoms with Gasteiger partial charge in [-0.2, -0.15) is 0 Å². The Balaban J connectivity index is 2.15. The number of hydrogen-bond donors (Lipinski definition) is 2. The zero-order chi connectivity index (χ0) is 9.64. The van der Waals surface area contributed by atoms with Gasteiger partial charge in [-0.15, -0.1) is 0 Å². The summed E-state index contributed by atoms with van der Waals surface area (Å²) in [7, 11) is 0. The van der Waals surface area contributed by atoms with E-state index in [2.05, 4.69) is 10.6 Å². The molecule has 2 saturated heterocycles. The van der Waals surface area contributed by atoms with Gasteiger partial charge in [0, 0.05) is 12.8 Å². The Labute approximate surface area is 74.9 Å². The first-order valence-corrected chi connectivity index (χ1v) is 4.17. The fourth-order valence-corrected chi connectivity index (χ4v) is 1.98. The molecule has 2 heterocycles. The lowest BCUT2D eigenvalue weighted by molar-refractivity contribution is -0.155. The minimum Gasteiger partial charge on any atom is -0.342 e. The third kappa shape index (κ3) is 1.03. The Morgan fingerprint density at radius 3 is 2.62 bits per heavy atom. The smallest absolute Gasteiger partial charge is 0.252 e. The highest BCUT2D eigenvalue weighted by molar-refractivity contribution is 6.08. The summed E-state index contributed by atoms with van der Waals surface area (Å²) in [6, 6.07) is 0. The Hall–Kier alpha value is -1.39. The normalized spacial score (nSPS) is 36.2. The van der Waals surface area contributed by atoms with Gasteiger partial charge in [0.15, 0.2) is 0 Å². The van der Waals surface area contributed by atoms with Gasteiger partial charge in [-0.05, 0) is 12.8 Å². The summed E-state index contributed by atoms with van der Waals surface area (Å²) >= 11 is 0. The lowest BCUT2D eigenvalue weighted by atomic mass is 9.64. The van der Waals surface area contributed by atoms with Crippen LogP contribution >= 0.6 is 0 Å². The van der Waals surface area contributed by atoms with Crippen LogP contribution < -0.4 is 10.6 Å². The van der Waals surface area contributed by atoms with E-state index in [9.17, 15) is 14.4 Å². The molecule has 3 fully saturated rings. The molecule has 0 unspecified atom stereocenters. The topological polar surface area (TPSA) is 75.3 Å². The monoisotopic (exact) mass is 182 g/mol. The van der Waals surface area contributed by atoms with Crippen LogP contribution in [0.2, 0.25) is 0 Å². The Morgan fingerprint density at radius 2 is 2.15 bits per heavy atom. The minimum absolute atomic E-state index is 0.0930. The molecular formula is C8H10N2O3. The fraction of sp³-hybridized carbons (Fsp3) is 0.625. The molecule has 0 aromatic heterocycles. The van der Waals surface area contributed by atoms with Crippen LogP contribution in [0.15, 0.2) is 0 Å². The van der Waals surface area contributed by atoms with E-state index in [1.54, 1.807) is 0 Å². The first-order chi connectivity index (χ1) is 6.03. The zero-order valence-corrected chi connectivity index (χ0v) is 7.22.